The molecule has 1 saturated carbocycles. The monoisotopic (exact) mass is 407 g/mol. The zero-order chi connectivity index (χ0) is 20.1. The van der Waals surface area contributed by atoms with Gasteiger partial charge < -0.3 is 14.5 Å². The van der Waals surface area contributed by atoms with E-state index in [9.17, 15) is 18.0 Å². The molecule has 2 heterocycles. The largest absolute Gasteiger partial charge is 0.490 e. The Morgan fingerprint density at radius 3 is 2.50 bits per heavy atom. The van der Waals surface area contributed by atoms with Crippen molar-refractivity contribution in [3.05, 3.63) is 18.2 Å². The van der Waals surface area contributed by atoms with Gasteiger partial charge in [-0.1, -0.05) is 0 Å². The van der Waals surface area contributed by atoms with E-state index in [4.69, 9.17) is 4.74 Å². The molecule has 1 aromatic carbocycles. The lowest BCUT2D eigenvalue weighted by atomic mass is 9.93. The van der Waals surface area contributed by atoms with Gasteiger partial charge in [-0.15, -0.1) is 0 Å². The molecule has 1 spiro atoms. The van der Waals surface area contributed by atoms with Crippen LogP contribution in [0, 0.1) is 5.41 Å². The summed E-state index contributed by atoms with van der Waals surface area (Å²) in [6.07, 6.45) is 2.43. The number of nitrogens with one attached hydrogen (secondary N) is 1. The van der Waals surface area contributed by atoms with Crippen LogP contribution in [-0.4, -0.2) is 57.4 Å². The number of amides is 2. The quantitative estimate of drug-likeness (QED) is 0.810. The Bertz CT molecular complexity index is 921. The SMILES string of the molecule is CC(=O)N1CCC2(CC1)CC2NS(=O)(=O)c1ccc2c(c1)N(C(C)=O)CCO2. The summed E-state index contributed by atoms with van der Waals surface area (Å²) in [7, 11) is -3.71. The highest BCUT2D eigenvalue weighted by Crippen LogP contribution is 2.54. The van der Waals surface area contributed by atoms with Gasteiger partial charge in [0.1, 0.15) is 12.4 Å². The Kier molecular flexibility index (Phi) is 4.62. The van der Waals surface area contributed by atoms with E-state index in [2.05, 4.69) is 4.72 Å². The highest BCUT2D eigenvalue weighted by Gasteiger charge is 2.56. The average molecular weight is 407 g/mol. The van der Waals surface area contributed by atoms with E-state index >= 15 is 0 Å². The van der Waals surface area contributed by atoms with Crippen molar-refractivity contribution in [3.63, 3.8) is 0 Å². The molecule has 8 nitrogen and oxygen atoms in total. The van der Waals surface area contributed by atoms with Gasteiger partial charge in [-0.2, -0.15) is 0 Å². The summed E-state index contributed by atoms with van der Waals surface area (Å²) in [6, 6.07) is 4.51. The second kappa shape index (κ2) is 6.73. The van der Waals surface area contributed by atoms with Crippen LogP contribution < -0.4 is 14.4 Å². The lowest BCUT2D eigenvalue weighted by Crippen LogP contribution is -2.40. The Morgan fingerprint density at radius 2 is 1.86 bits per heavy atom. The number of carbonyl (C=O) groups is 2. The van der Waals surface area contributed by atoms with Crippen molar-refractivity contribution in [1.29, 1.82) is 0 Å². The van der Waals surface area contributed by atoms with Crippen LogP contribution in [0.25, 0.3) is 0 Å². The molecule has 4 rings (SSSR count). The molecule has 2 amide bonds. The summed E-state index contributed by atoms with van der Waals surface area (Å²) in [4.78, 5) is 26.8. The molecule has 2 fully saturated rings. The molecule has 1 saturated heterocycles. The third-order valence-electron chi connectivity index (χ3n) is 6.18. The van der Waals surface area contributed by atoms with Gasteiger partial charge >= 0.3 is 0 Å². The molecule has 1 unspecified atom stereocenters. The summed E-state index contributed by atoms with van der Waals surface area (Å²) < 4.78 is 34.2. The maximum atomic E-state index is 12.9. The van der Waals surface area contributed by atoms with Crippen LogP contribution in [0.2, 0.25) is 0 Å². The number of rotatable bonds is 3. The minimum Gasteiger partial charge on any atom is -0.490 e. The number of ether oxygens (including phenoxy) is 1. The van der Waals surface area contributed by atoms with Crippen LogP contribution >= 0.6 is 0 Å². The Labute approximate surface area is 164 Å². The first-order valence-corrected chi connectivity index (χ1v) is 11.0. The van der Waals surface area contributed by atoms with Crippen LogP contribution in [0.15, 0.2) is 23.1 Å². The maximum Gasteiger partial charge on any atom is 0.240 e. The van der Waals surface area contributed by atoms with Gasteiger partial charge in [0, 0.05) is 33.0 Å². The Balaban J connectivity index is 1.49. The van der Waals surface area contributed by atoms with Crippen LogP contribution in [0.4, 0.5) is 5.69 Å². The van der Waals surface area contributed by atoms with Gasteiger partial charge in [0.15, 0.2) is 0 Å². The topological polar surface area (TPSA) is 96.0 Å². The first-order valence-electron chi connectivity index (χ1n) is 9.55. The zero-order valence-electron chi connectivity index (χ0n) is 16.1. The molecule has 0 aromatic heterocycles. The van der Waals surface area contributed by atoms with Crippen molar-refractivity contribution >= 4 is 27.5 Å². The lowest BCUT2D eigenvalue weighted by Gasteiger charge is -2.32. The average Bonchev–Trinajstić information content (AvgIpc) is 3.30. The minimum absolute atomic E-state index is 0.0399. The second-order valence-electron chi connectivity index (χ2n) is 7.90. The first kappa shape index (κ1) is 19.2. The smallest absolute Gasteiger partial charge is 0.240 e. The van der Waals surface area contributed by atoms with Crippen molar-refractivity contribution in [1.82, 2.24) is 9.62 Å². The molecule has 2 aliphatic heterocycles. The predicted octanol–water partition coefficient (Wildman–Crippen LogP) is 1.11. The molecule has 1 N–H and O–H groups in total. The minimum atomic E-state index is -3.71. The van der Waals surface area contributed by atoms with Crippen molar-refractivity contribution in [3.8, 4) is 5.75 Å². The summed E-state index contributed by atoms with van der Waals surface area (Å²) in [5.74, 6) is 0.435. The van der Waals surface area contributed by atoms with Gasteiger partial charge in [0.2, 0.25) is 21.8 Å². The van der Waals surface area contributed by atoms with E-state index in [1.54, 1.807) is 13.0 Å². The van der Waals surface area contributed by atoms with Gasteiger partial charge in [0.25, 0.3) is 0 Å². The third kappa shape index (κ3) is 3.37. The second-order valence-corrected chi connectivity index (χ2v) is 9.61. The van der Waals surface area contributed by atoms with E-state index in [1.807, 2.05) is 4.90 Å². The fourth-order valence-electron chi connectivity index (χ4n) is 4.28. The molecular weight excluding hydrogens is 382 g/mol. The van der Waals surface area contributed by atoms with Crippen LogP contribution in [-0.2, 0) is 19.6 Å². The molecule has 9 heteroatoms. The van der Waals surface area contributed by atoms with Crippen molar-refractivity contribution in [2.45, 2.75) is 44.0 Å². The van der Waals surface area contributed by atoms with E-state index < -0.39 is 10.0 Å². The highest BCUT2D eigenvalue weighted by atomic mass is 32.2. The summed E-state index contributed by atoms with van der Waals surface area (Å²) >= 11 is 0. The van der Waals surface area contributed by atoms with Gasteiger partial charge in [-0.05, 0) is 42.9 Å². The Hall–Kier alpha value is -2.13. The number of carbonyl (C=O) groups excluding carboxylic acids is 2. The van der Waals surface area contributed by atoms with Crippen LogP contribution in [0.3, 0.4) is 0 Å². The lowest BCUT2D eigenvalue weighted by molar-refractivity contribution is -0.130. The molecule has 0 bridgehead atoms. The van der Waals surface area contributed by atoms with E-state index in [1.165, 1.54) is 24.0 Å². The van der Waals surface area contributed by atoms with Crippen LogP contribution in [0.1, 0.15) is 33.1 Å². The zero-order valence-corrected chi connectivity index (χ0v) is 16.9. The predicted molar refractivity (Wildman–Crippen MR) is 103 cm³/mol. The van der Waals surface area contributed by atoms with E-state index in [-0.39, 0.29) is 28.2 Å². The van der Waals surface area contributed by atoms with Gasteiger partial charge in [-0.3, -0.25) is 9.59 Å². The molecule has 28 heavy (non-hydrogen) atoms. The fourth-order valence-corrected chi connectivity index (χ4v) is 5.64. The maximum absolute atomic E-state index is 12.9. The third-order valence-corrected chi connectivity index (χ3v) is 7.65. The highest BCUT2D eigenvalue weighted by molar-refractivity contribution is 7.89. The van der Waals surface area contributed by atoms with Crippen molar-refractivity contribution in [2.75, 3.05) is 31.1 Å². The molecule has 1 atom stereocenters. The fraction of sp³-hybridized carbons (Fsp3) is 0.579. The standard InChI is InChI=1S/C19H25N3O5S/c1-13(23)21-7-5-19(6-8-21)12-18(19)20-28(25,26)15-3-4-17-16(11-15)22(14(2)24)9-10-27-17/h3-4,11,18,20H,5-10,12H2,1-2H3. The van der Waals surface area contributed by atoms with E-state index in [0.29, 0.717) is 37.7 Å². The molecular formula is C19H25N3O5S. The molecule has 3 aliphatic rings. The molecule has 1 aliphatic carbocycles. The van der Waals surface area contributed by atoms with Gasteiger partial charge in [0.05, 0.1) is 17.1 Å². The number of benzene rings is 1. The number of likely N-dealkylation sites (tertiary alicyclic amines) is 1. The summed E-state index contributed by atoms with van der Waals surface area (Å²) in [6.45, 7) is 5.16. The number of sulfonamides is 1. The van der Waals surface area contributed by atoms with E-state index in [0.717, 1.165) is 19.3 Å². The number of nitrogens with zero attached hydrogens (tertiary/aromatic N) is 2. The Morgan fingerprint density at radius 1 is 1.14 bits per heavy atom. The first-order chi connectivity index (χ1) is 13.2. The summed E-state index contributed by atoms with van der Waals surface area (Å²) in [5, 5.41) is 0. The van der Waals surface area contributed by atoms with Gasteiger partial charge in [-0.25, -0.2) is 13.1 Å². The molecule has 1 aromatic rings. The normalized spacial score (nSPS) is 23.1. The summed E-state index contributed by atoms with van der Waals surface area (Å²) in [5.41, 5.74) is 0.448. The number of hydrogen-bond acceptors (Lipinski definition) is 5. The molecule has 152 valence electrons. The van der Waals surface area contributed by atoms with Crippen LogP contribution in [0.5, 0.6) is 5.75 Å². The van der Waals surface area contributed by atoms with Crippen molar-refractivity contribution < 1.29 is 22.7 Å². The van der Waals surface area contributed by atoms with Crippen molar-refractivity contribution in [2.24, 2.45) is 5.41 Å². The number of anilines is 1. The number of piperidine rings is 1. The number of hydrogen-bond donors (Lipinski definition) is 1. The molecule has 0 radical (unpaired) electrons. The number of fused-ring (bicyclic) bond motifs is 1.